The van der Waals surface area contributed by atoms with Crippen molar-refractivity contribution in [2.45, 2.75) is 12.8 Å². The number of rotatable bonds is 0. The fraction of sp³-hybridized carbons (Fsp3) is 0.800. The van der Waals surface area contributed by atoms with Crippen molar-refractivity contribution >= 4 is 5.91 Å². The van der Waals surface area contributed by atoms with Crippen LogP contribution in [0.4, 0.5) is 0 Å². The Morgan fingerprint density at radius 1 is 1.50 bits per heavy atom. The average molecular weight is 179 g/mol. The standard InChI is InChI=1S/C5H9NO.2O.Ti/c1-6-4-2-3-5(6)7;;;/h2-4H2,1H3;;;. The first-order valence-electron chi connectivity index (χ1n) is 2.95. The van der Waals surface area contributed by atoms with E-state index in [2.05, 4.69) is 0 Å². The molecule has 0 spiro atoms. The third-order valence-corrected chi connectivity index (χ3v) is 1.31. The van der Waals surface area contributed by atoms with Gasteiger partial charge in [0.05, 0.1) is 0 Å². The number of carbonyl (C=O) groups is 1. The van der Waals surface area contributed by atoms with Crippen molar-refractivity contribution in [2.75, 3.05) is 13.6 Å². The summed E-state index contributed by atoms with van der Waals surface area (Å²) in [6, 6.07) is 0. The Balaban J connectivity index is 0.000000236. The monoisotopic (exact) mass is 179 g/mol. The van der Waals surface area contributed by atoms with Gasteiger partial charge in [-0.1, -0.05) is 0 Å². The van der Waals surface area contributed by atoms with Gasteiger partial charge in [-0.15, -0.1) is 0 Å². The van der Waals surface area contributed by atoms with Crippen molar-refractivity contribution in [1.29, 1.82) is 0 Å². The molecule has 1 aliphatic rings. The summed E-state index contributed by atoms with van der Waals surface area (Å²) in [4.78, 5) is 12.3. The molecule has 1 rings (SSSR count). The van der Waals surface area contributed by atoms with E-state index in [1.807, 2.05) is 7.05 Å². The maximum atomic E-state index is 10.5. The van der Waals surface area contributed by atoms with Gasteiger partial charge in [0, 0.05) is 20.0 Å². The molecule has 10 heavy (non-hydrogen) atoms. The van der Waals surface area contributed by atoms with Crippen LogP contribution in [0.15, 0.2) is 0 Å². The molecule has 0 aromatic rings. The van der Waals surface area contributed by atoms with Crippen molar-refractivity contribution in [3.63, 3.8) is 0 Å². The number of carbonyl (C=O) groups excluding carboxylic acids is 1. The van der Waals surface area contributed by atoms with Crippen molar-refractivity contribution in [3.8, 4) is 0 Å². The summed E-state index contributed by atoms with van der Waals surface area (Å²) < 4.78 is 17.0. The molecule has 0 bridgehead atoms. The second-order valence-corrected chi connectivity index (χ2v) is 2.26. The predicted octanol–water partition coefficient (Wildman–Crippen LogP) is -0.00150. The second-order valence-electron chi connectivity index (χ2n) is 2.00. The second kappa shape index (κ2) is 5.56. The van der Waals surface area contributed by atoms with E-state index in [-0.39, 0.29) is 0 Å². The molecule has 1 fully saturated rings. The first-order chi connectivity index (χ1) is 4.72. The van der Waals surface area contributed by atoms with E-state index < -0.39 is 19.1 Å². The summed E-state index contributed by atoms with van der Waals surface area (Å²) in [7, 11) is 1.84. The fourth-order valence-electron chi connectivity index (χ4n) is 0.783. The summed E-state index contributed by atoms with van der Waals surface area (Å²) in [5.74, 6) is 0.292. The SMILES string of the molecule is CN1CCCC1=O.[O]=[Ti]=[O]. The number of likely N-dealkylation sites (tertiary alicyclic amines) is 1. The van der Waals surface area contributed by atoms with Crippen LogP contribution in [0.2, 0.25) is 0 Å². The third-order valence-electron chi connectivity index (χ3n) is 1.31. The van der Waals surface area contributed by atoms with E-state index in [9.17, 15) is 4.79 Å². The van der Waals surface area contributed by atoms with Crippen LogP contribution >= 0.6 is 0 Å². The number of hydrogen-bond donors (Lipinski definition) is 0. The van der Waals surface area contributed by atoms with E-state index in [1.165, 1.54) is 0 Å². The zero-order valence-corrected chi connectivity index (χ0v) is 7.35. The van der Waals surface area contributed by atoms with Crippen LogP contribution in [0, 0.1) is 0 Å². The first-order valence-corrected chi connectivity index (χ1v) is 4.23. The molecule has 0 aliphatic carbocycles. The Morgan fingerprint density at radius 3 is 2.10 bits per heavy atom. The third kappa shape index (κ3) is 3.74. The van der Waals surface area contributed by atoms with Crippen molar-refractivity contribution in [3.05, 3.63) is 0 Å². The molecule has 4 nitrogen and oxygen atoms in total. The molecule has 0 N–H and O–H groups in total. The van der Waals surface area contributed by atoms with Crippen LogP contribution in [0.1, 0.15) is 12.8 Å². The Hall–Kier alpha value is -0.216. The molecule has 1 saturated heterocycles. The van der Waals surface area contributed by atoms with E-state index in [0.29, 0.717) is 5.91 Å². The van der Waals surface area contributed by atoms with Crippen LogP contribution in [-0.2, 0) is 30.5 Å². The minimum absolute atomic E-state index is 0.292. The van der Waals surface area contributed by atoms with Gasteiger partial charge in [0.2, 0.25) is 5.91 Å². The molecular formula is C5H9NO3Ti. The first kappa shape index (κ1) is 9.78. The summed E-state index contributed by atoms with van der Waals surface area (Å²) in [6.07, 6.45) is 1.81. The van der Waals surface area contributed by atoms with Crippen LogP contribution < -0.4 is 0 Å². The summed E-state index contributed by atoms with van der Waals surface area (Å²) >= 11 is -2.00. The van der Waals surface area contributed by atoms with Crippen molar-refractivity contribution in [1.82, 2.24) is 4.90 Å². The van der Waals surface area contributed by atoms with Crippen LogP contribution in [0.5, 0.6) is 0 Å². The minimum atomic E-state index is -2.00. The van der Waals surface area contributed by atoms with Crippen LogP contribution in [0.3, 0.4) is 0 Å². The molecule has 0 radical (unpaired) electrons. The zero-order chi connectivity index (χ0) is 7.98. The molecule has 1 amide bonds. The van der Waals surface area contributed by atoms with Gasteiger partial charge in [-0.3, -0.25) is 4.79 Å². The normalized spacial score (nSPS) is 15.7. The van der Waals surface area contributed by atoms with Gasteiger partial charge in [0.15, 0.2) is 0 Å². The molecular weight excluding hydrogens is 170 g/mol. The van der Waals surface area contributed by atoms with Gasteiger partial charge >= 0.3 is 25.7 Å². The maximum absolute atomic E-state index is 10.5. The van der Waals surface area contributed by atoms with Gasteiger partial charge in [0.1, 0.15) is 0 Å². The van der Waals surface area contributed by atoms with Gasteiger partial charge in [0.25, 0.3) is 0 Å². The van der Waals surface area contributed by atoms with E-state index >= 15 is 0 Å². The van der Waals surface area contributed by atoms with E-state index in [4.69, 9.17) is 6.65 Å². The van der Waals surface area contributed by atoms with E-state index in [0.717, 1.165) is 19.4 Å². The molecule has 0 atom stereocenters. The molecule has 0 unspecified atom stereocenters. The van der Waals surface area contributed by atoms with Gasteiger partial charge < -0.3 is 4.90 Å². The zero-order valence-electron chi connectivity index (χ0n) is 5.79. The van der Waals surface area contributed by atoms with Gasteiger partial charge in [-0.25, -0.2) is 0 Å². The van der Waals surface area contributed by atoms with Crippen molar-refractivity contribution < 1.29 is 30.5 Å². The Labute approximate surface area is 68.2 Å². The number of hydrogen-bond acceptors (Lipinski definition) is 3. The Morgan fingerprint density at radius 2 is 2.00 bits per heavy atom. The Bertz CT molecular complexity index is 153. The quantitative estimate of drug-likeness (QED) is 0.491. The van der Waals surface area contributed by atoms with Crippen LogP contribution in [-0.4, -0.2) is 24.4 Å². The topological polar surface area (TPSA) is 54.5 Å². The number of nitrogens with zero attached hydrogens (tertiary/aromatic N) is 1. The van der Waals surface area contributed by atoms with E-state index in [1.54, 1.807) is 4.90 Å². The molecule has 5 heteroatoms. The molecule has 0 aromatic heterocycles. The molecule has 1 aliphatic heterocycles. The summed E-state index contributed by atoms with van der Waals surface area (Å²) in [5, 5.41) is 0. The average Bonchev–Trinajstić information content (AvgIpc) is 2.19. The fourth-order valence-corrected chi connectivity index (χ4v) is 0.783. The van der Waals surface area contributed by atoms with Gasteiger partial charge in [-0.2, -0.15) is 0 Å². The van der Waals surface area contributed by atoms with Crippen molar-refractivity contribution in [2.24, 2.45) is 0 Å². The molecule has 0 saturated carbocycles. The summed E-state index contributed by atoms with van der Waals surface area (Å²) in [6.45, 7) is 0.957. The summed E-state index contributed by atoms with van der Waals surface area (Å²) in [5.41, 5.74) is 0. The van der Waals surface area contributed by atoms with Gasteiger partial charge in [-0.05, 0) is 6.42 Å². The van der Waals surface area contributed by atoms with Crippen LogP contribution in [0.25, 0.3) is 0 Å². The Kier molecular flexibility index (Phi) is 5.44. The number of amides is 1. The molecule has 56 valence electrons. The molecule has 1 heterocycles. The predicted molar refractivity (Wildman–Crippen MR) is 28.2 cm³/mol. The molecule has 0 aromatic carbocycles.